The topological polar surface area (TPSA) is 38.0 Å². The molecule has 0 unspecified atom stereocenters. The van der Waals surface area contributed by atoms with Gasteiger partial charge >= 0.3 is 0 Å². The van der Waals surface area contributed by atoms with E-state index in [9.17, 15) is 8.78 Å². The van der Waals surface area contributed by atoms with Gasteiger partial charge in [-0.25, -0.2) is 8.78 Å². The van der Waals surface area contributed by atoms with E-state index in [-0.39, 0.29) is 22.4 Å². The number of anilines is 2. The molecule has 2 nitrogen and oxygen atoms in total. The Hall–Kier alpha value is -1.32. The third kappa shape index (κ3) is 2.21. The Labute approximate surface area is 100 Å². The third-order valence-electron chi connectivity index (χ3n) is 3.67. The molecule has 0 spiro atoms. The van der Waals surface area contributed by atoms with E-state index in [4.69, 9.17) is 5.73 Å². The molecule has 0 radical (unpaired) electrons. The van der Waals surface area contributed by atoms with Crippen molar-refractivity contribution in [2.24, 2.45) is 5.41 Å². The molecule has 2 rings (SSSR count). The van der Waals surface area contributed by atoms with E-state index >= 15 is 0 Å². The minimum atomic E-state index is -0.870. The van der Waals surface area contributed by atoms with Crippen molar-refractivity contribution in [3.05, 3.63) is 23.3 Å². The lowest BCUT2D eigenvalue weighted by Gasteiger charge is -2.38. The fourth-order valence-electron chi connectivity index (χ4n) is 2.22. The molecule has 17 heavy (non-hydrogen) atoms. The second-order valence-electron chi connectivity index (χ2n) is 5.30. The van der Waals surface area contributed by atoms with Crippen LogP contribution in [0.1, 0.15) is 31.7 Å². The van der Waals surface area contributed by atoms with Gasteiger partial charge in [-0.05, 0) is 36.8 Å². The van der Waals surface area contributed by atoms with Gasteiger partial charge in [-0.1, -0.05) is 13.3 Å². The lowest BCUT2D eigenvalue weighted by Crippen LogP contribution is -2.33. The molecule has 0 atom stereocenters. The molecule has 1 fully saturated rings. The molecule has 0 aliphatic heterocycles. The van der Waals surface area contributed by atoms with Crippen LogP contribution in [0.25, 0.3) is 0 Å². The van der Waals surface area contributed by atoms with Gasteiger partial charge in [-0.2, -0.15) is 0 Å². The zero-order chi connectivity index (χ0) is 12.6. The molecule has 1 saturated carbocycles. The summed E-state index contributed by atoms with van der Waals surface area (Å²) in [6.07, 6.45) is 3.45. The van der Waals surface area contributed by atoms with Crippen LogP contribution in [-0.4, -0.2) is 6.54 Å². The van der Waals surface area contributed by atoms with Gasteiger partial charge in [-0.15, -0.1) is 0 Å². The Morgan fingerprint density at radius 2 is 2.00 bits per heavy atom. The van der Waals surface area contributed by atoms with E-state index in [1.165, 1.54) is 19.4 Å². The SMILES string of the molecule is Cc1cc(N)c(NCC2(C)CCC2)c(F)c1F. The molecule has 0 heterocycles. The van der Waals surface area contributed by atoms with Crippen LogP contribution in [0.5, 0.6) is 0 Å². The number of nitrogens with one attached hydrogen (secondary N) is 1. The molecule has 94 valence electrons. The summed E-state index contributed by atoms with van der Waals surface area (Å²) >= 11 is 0. The Kier molecular flexibility index (Phi) is 2.98. The number of aryl methyl sites for hydroxylation is 1. The maximum absolute atomic E-state index is 13.7. The highest BCUT2D eigenvalue weighted by Gasteiger charge is 2.31. The maximum atomic E-state index is 13.7. The molecule has 4 heteroatoms. The van der Waals surface area contributed by atoms with Crippen LogP contribution in [0.15, 0.2) is 6.07 Å². The van der Waals surface area contributed by atoms with Gasteiger partial charge in [0.05, 0.1) is 11.4 Å². The minimum Gasteiger partial charge on any atom is -0.397 e. The molecule has 1 aromatic rings. The number of hydrogen-bond donors (Lipinski definition) is 2. The fourth-order valence-corrected chi connectivity index (χ4v) is 2.22. The second kappa shape index (κ2) is 4.17. The van der Waals surface area contributed by atoms with E-state index < -0.39 is 11.6 Å². The first-order chi connectivity index (χ1) is 7.93. The van der Waals surface area contributed by atoms with E-state index in [0.29, 0.717) is 6.54 Å². The third-order valence-corrected chi connectivity index (χ3v) is 3.67. The van der Waals surface area contributed by atoms with Crippen LogP contribution in [0.2, 0.25) is 0 Å². The molecule has 1 aromatic carbocycles. The van der Waals surface area contributed by atoms with Gasteiger partial charge in [0.2, 0.25) is 0 Å². The van der Waals surface area contributed by atoms with Crippen molar-refractivity contribution >= 4 is 11.4 Å². The molecule has 0 saturated heterocycles. The van der Waals surface area contributed by atoms with Crippen molar-refractivity contribution in [1.29, 1.82) is 0 Å². The average molecular weight is 240 g/mol. The molecule has 0 amide bonds. The predicted octanol–water partition coefficient (Wildman–Crippen LogP) is 3.46. The highest BCUT2D eigenvalue weighted by molar-refractivity contribution is 5.68. The quantitative estimate of drug-likeness (QED) is 0.794. The average Bonchev–Trinajstić information content (AvgIpc) is 2.23. The van der Waals surface area contributed by atoms with Crippen molar-refractivity contribution in [3.63, 3.8) is 0 Å². The number of rotatable bonds is 3. The van der Waals surface area contributed by atoms with Crippen molar-refractivity contribution in [2.75, 3.05) is 17.6 Å². The first-order valence-corrected chi connectivity index (χ1v) is 5.91. The van der Waals surface area contributed by atoms with Crippen LogP contribution in [0.4, 0.5) is 20.2 Å². The summed E-state index contributed by atoms with van der Waals surface area (Å²) in [5, 5.41) is 2.95. The van der Waals surface area contributed by atoms with Crippen molar-refractivity contribution in [3.8, 4) is 0 Å². The van der Waals surface area contributed by atoms with Gasteiger partial charge in [0.15, 0.2) is 11.6 Å². The van der Waals surface area contributed by atoms with E-state index in [2.05, 4.69) is 12.2 Å². The highest BCUT2D eigenvalue weighted by atomic mass is 19.2. The van der Waals surface area contributed by atoms with E-state index in [1.54, 1.807) is 0 Å². The number of hydrogen-bond acceptors (Lipinski definition) is 2. The number of nitrogens with two attached hydrogens (primary N) is 1. The first-order valence-electron chi connectivity index (χ1n) is 5.91. The van der Waals surface area contributed by atoms with Gasteiger partial charge in [-0.3, -0.25) is 0 Å². The second-order valence-corrected chi connectivity index (χ2v) is 5.30. The monoisotopic (exact) mass is 240 g/mol. The summed E-state index contributed by atoms with van der Waals surface area (Å²) < 4.78 is 27.1. The van der Waals surface area contributed by atoms with E-state index in [0.717, 1.165) is 12.8 Å². The van der Waals surface area contributed by atoms with Crippen LogP contribution in [0, 0.1) is 24.0 Å². The smallest absolute Gasteiger partial charge is 0.184 e. The van der Waals surface area contributed by atoms with Crippen LogP contribution < -0.4 is 11.1 Å². The lowest BCUT2D eigenvalue weighted by atomic mass is 9.70. The van der Waals surface area contributed by atoms with Crippen molar-refractivity contribution in [1.82, 2.24) is 0 Å². The minimum absolute atomic E-state index is 0.0984. The molecule has 3 N–H and O–H groups in total. The molecule has 1 aliphatic carbocycles. The maximum Gasteiger partial charge on any atom is 0.184 e. The molecular weight excluding hydrogens is 222 g/mol. The van der Waals surface area contributed by atoms with Gasteiger partial charge in [0, 0.05) is 6.54 Å². The molecule has 0 aromatic heterocycles. The fraction of sp³-hybridized carbons (Fsp3) is 0.538. The summed E-state index contributed by atoms with van der Waals surface area (Å²) in [6, 6.07) is 1.46. The van der Waals surface area contributed by atoms with Crippen LogP contribution in [0.3, 0.4) is 0 Å². The summed E-state index contributed by atoms with van der Waals surface area (Å²) in [6.45, 7) is 4.28. The van der Waals surface area contributed by atoms with E-state index in [1.807, 2.05) is 0 Å². The van der Waals surface area contributed by atoms with Crippen LogP contribution >= 0.6 is 0 Å². The Morgan fingerprint density at radius 3 is 2.53 bits per heavy atom. The Bertz CT molecular complexity index is 440. The number of halogens is 2. The number of benzene rings is 1. The van der Waals surface area contributed by atoms with Gasteiger partial charge < -0.3 is 11.1 Å². The first kappa shape index (κ1) is 12.1. The normalized spacial score (nSPS) is 17.6. The van der Waals surface area contributed by atoms with Crippen molar-refractivity contribution in [2.45, 2.75) is 33.1 Å². The summed E-state index contributed by atoms with van der Waals surface area (Å²) in [5.74, 6) is -1.69. The van der Waals surface area contributed by atoms with Gasteiger partial charge in [0.25, 0.3) is 0 Å². The van der Waals surface area contributed by atoms with Crippen molar-refractivity contribution < 1.29 is 8.78 Å². The number of nitrogen functional groups attached to an aromatic ring is 1. The predicted molar refractivity (Wildman–Crippen MR) is 66.0 cm³/mol. The molecule has 0 bridgehead atoms. The summed E-state index contributed by atoms with van der Waals surface area (Å²) in [5.41, 5.74) is 6.51. The molecule has 1 aliphatic rings. The summed E-state index contributed by atoms with van der Waals surface area (Å²) in [4.78, 5) is 0. The zero-order valence-electron chi connectivity index (χ0n) is 10.2. The highest BCUT2D eigenvalue weighted by Crippen LogP contribution is 2.40. The molecular formula is C13H18F2N2. The van der Waals surface area contributed by atoms with Crippen LogP contribution in [-0.2, 0) is 0 Å². The standard InChI is InChI=1S/C13H18F2N2/c1-8-6-9(16)12(11(15)10(8)14)17-7-13(2)4-3-5-13/h6,17H,3-5,7,16H2,1-2H3. The summed E-state index contributed by atoms with van der Waals surface area (Å²) in [7, 11) is 0. The largest absolute Gasteiger partial charge is 0.397 e. The Morgan fingerprint density at radius 1 is 1.35 bits per heavy atom. The van der Waals surface area contributed by atoms with Gasteiger partial charge in [0.1, 0.15) is 0 Å². The zero-order valence-corrected chi connectivity index (χ0v) is 10.2. The lowest BCUT2D eigenvalue weighted by molar-refractivity contribution is 0.180. The Balaban J connectivity index is 2.18.